The normalized spacial score (nSPS) is 22.7. The maximum Gasteiger partial charge on any atom is 0.326 e. The van der Waals surface area contributed by atoms with Gasteiger partial charge in [0.1, 0.15) is 6.04 Å². The van der Waals surface area contributed by atoms with Gasteiger partial charge in [-0.15, -0.1) is 0 Å². The van der Waals surface area contributed by atoms with Gasteiger partial charge in [-0.1, -0.05) is 27.7 Å². The first-order valence-electron chi connectivity index (χ1n) is 6.75. The first kappa shape index (κ1) is 15.0. The van der Waals surface area contributed by atoms with E-state index in [-0.39, 0.29) is 17.2 Å². The lowest BCUT2D eigenvalue weighted by molar-refractivity contribution is -0.152. The molecule has 104 valence electrons. The lowest BCUT2D eigenvalue weighted by Gasteiger charge is -2.35. The zero-order chi connectivity index (χ0) is 13.9. The SMILES string of the molecule is CC(CC(=O)N1CCCCC1C(=O)O)C(C)(C)C. The molecule has 0 bridgehead atoms. The van der Waals surface area contributed by atoms with Gasteiger partial charge >= 0.3 is 5.97 Å². The molecule has 0 aliphatic carbocycles. The summed E-state index contributed by atoms with van der Waals surface area (Å²) >= 11 is 0. The van der Waals surface area contributed by atoms with Crippen LogP contribution in [0.5, 0.6) is 0 Å². The maximum absolute atomic E-state index is 12.2. The van der Waals surface area contributed by atoms with E-state index in [1.54, 1.807) is 4.90 Å². The lowest BCUT2D eigenvalue weighted by Crippen LogP contribution is -2.48. The van der Waals surface area contributed by atoms with E-state index in [4.69, 9.17) is 5.11 Å². The van der Waals surface area contributed by atoms with Gasteiger partial charge in [-0.2, -0.15) is 0 Å². The van der Waals surface area contributed by atoms with Crippen molar-refractivity contribution >= 4 is 11.9 Å². The molecular formula is C14H25NO3. The van der Waals surface area contributed by atoms with Crippen LogP contribution in [0, 0.1) is 11.3 Å². The van der Waals surface area contributed by atoms with Crippen molar-refractivity contribution in [2.45, 2.75) is 59.4 Å². The number of hydrogen-bond acceptors (Lipinski definition) is 2. The summed E-state index contributed by atoms with van der Waals surface area (Å²) < 4.78 is 0. The Morgan fingerprint density at radius 3 is 2.44 bits per heavy atom. The Morgan fingerprint density at radius 2 is 1.94 bits per heavy atom. The monoisotopic (exact) mass is 255 g/mol. The molecule has 0 aromatic carbocycles. The van der Waals surface area contributed by atoms with E-state index in [1.807, 2.05) is 0 Å². The van der Waals surface area contributed by atoms with Crippen molar-refractivity contribution < 1.29 is 14.7 Å². The van der Waals surface area contributed by atoms with E-state index in [9.17, 15) is 9.59 Å². The fraction of sp³-hybridized carbons (Fsp3) is 0.857. The number of aliphatic carboxylic acids is 1. The van der Waals surface area contributed by atoms with Gasteiger partial charge in [-0.05, 0) is 30.6 Å². The predicted molar refractivity (Wildman–Crippen MR) is 70.2 cm³/mol. The zero-order valence-electron chi connectivity index (χ0n) is 11.9. The maximum atomic E-state index is 12.2. The van der Waals surface area contributed by atoms with Gasteiger partial charge in [-0.3, -0.25) is 4.79 Å². The van der Waals surface area contributed by atoms with Gasteiger partial charge in [0.2, 0.25) is 5.91 Å². The first-order chi connectivity index (χ1) is 8.23. The van der Waals surface area contributed by atoms with Crippen molar-refractivity contribution in [3.63, 3.8) is 0 Å². The summed E-state index contributed by atoms with van der Waals surface area (Å²) in [6.45, 7) is 8.96. The number of carboxylic acids is 1. The summed E-state index contributed by atoms with van der Waals surface area (Å²) in [6.07, 6.45) is 2.84. The standard InChI is InChI=1S/C14H25NO3/c1-10(14(2,3)4)9-12(16)15-8-6-5-7-11(15)13(17)18/h10-11H,5-9H2,1-4H3,(H,17,18). The number of likely N-dealkylation sites (tertiary alicyclic amines) is 1. The van der Waals surface area contributed by atoms with E-state index >= 15 is 0 Å². The minimum Gasteiger partial charge on any atom is -0.480 e. The third-order valence-corrected chi connectivity index (χ3v) is 4.07. The third kappa shape index (κ3) is 3.72. The van der Waals surface area contributed by atoms with Crippen LogP contribution in [0.15, 0.2) is 0 Å². The van der Waals surface area contributed by atoms with Crippen LogP contribution in [-0.2, 0) is 9.59 Å². The minimum atomic E-state index is -0.869. The van der Waals surface area contributed by atoms with Crippen molar-refractivity contribution in [1.82, 2.24) is 4.90 Å². The number of carbonyl (C=O) groups is 2. The van der Waals surface area contributed by atoms with Crippen LogP contribution in [-0.4, -0.2) is 34.5 Å². The third-order valence-electron chi connectivity index (χ3n) is 4.07. The van der Waals surface area contributed by atoms with Crippen LogP contribution in [0.1, 0.15) is 53.4 Å². The van der Waals surface area contributed by atoms with Crippen molar-refractivity contribution in [2.24, 2.45) is 11.3 Å². The highest BCUT2D eigenvalue weighted by molar-refractivity contribution is 5.84. The molecule has 1 rings (SSSR count). The smallest absolute Gasteiger partial charge is 0.326 e. The number of amides is 1. The molecule has 4 heteroatoms. The molecule has 1 amide bonds. The number of rotatable bonds is 3. The summed E-state index contributed by atoms with van der Waals surface area (Å²) in [4.78, 5) is 25.0. The molecule has 0 aromatic rings. The Morgan fingerprint density at radius 1 is 1.33 bits per heavy atom. The second-order valence-electron chi connectivity index (χ2n) is 6.41. The summed E-state index contributed by atoms with van der Waals surface area (Å²) in [5.74, 6) is -0.627. The highest BCUT2D eigenvalue weighted by atomic mass is 16.4. The molecule has 2 unspecified atom stereocenters. The van der Waals surface area contributed by atoms with Gasteiger partial charge in [0.25, 0.3) is 0 Å². The average Bonchev–Trinajstić information content (AvgIpc) is 2.27. The Hall–Kier alpha value is -1.06. The largest absolute Gasteiger partial charge is 0.480 e. The number of carboxylic acid groups (broad SMARTS) is 1. The van der Waals surface area contributed by atoms with Crippen LogP contribution in [0.25, 0.3) is 0 Å². The quantitative estimate of drug-likeness (QED) is 0.843. The first-order valence-corrected chi connectivity index (χ1v) is 6.75. The minimum absolute atomic E-state index is 0.00970. The van der Waals surface area contributed by atoms with Crippen molar-refractivity contribution in [2.75, 3.05) is 6.54 Å². The fourth-order valence-corrected chi connectivity index (χ4v) is 2.17. The lowest BCUT2D eigenvalue weighted by atomic mass is 9.80. The highest BCUT2D eigenvalue weighted by Gasteiger charge is 2.33. The number of carbonyl (C=O) groups excluding carboxylic acids is 1. The topological polar surface area (TPSA) is 57.6 Å². The molecule has 0 saturated carbocycles. The molecule has 1 fully saturated rings. The van der Waals surface area contributed by atoms with Crippen molar-refractivity contribution in [1.29, 1.82) is 0 Å². The van der Waals surface area contributed by atoms with Gasteiger partial charge < -0.3 is 10.0 Å². The fourth-order valence-electron chi connectivity index (χ4n) is 2.17. The summed E-state index contributed by atoms with van der Waals surface area (Å²) in [5, 5.41) is 9.16. The van der Waals surface area contributed by atoms with Gasteiger partial charge in [-0.25, -0.2) is 4.79 Å². The summed E-state index contributed by atoms with van der Waals surface area (Å²) in [6, 6.07) is -0.613. The summed E-state index contributed by atoms with van der Waals surface area (Å²) in [5.41, 5.74) is 0.0736. The van der Waals surface area contributed by atoms with E-state index < -0.39 is 12.0 Å². The Kier molecular flexibility index (Phi) is 4.77. The van der Waals surface area contributed by atoms with Crippen LogP contribution >= 0.6 is 0 Å². The Bertz CT molecular complexity index is 319. The van der Waals surface area contributed by atoms with Crippen molar-refractivity contribution in [3.8, 4) is 0 Å². The van der Waals surface area contributed by atoms with E-state index in [0.717, 1.165) is 12.8 Å². The molecule has 1 aliphatic heterocycles. The number of piperidine rings is 1. The van der Waals surface area contributed by atoms with Crippen LogP contribution in [0.3, 0.4) is 0 Å². The second kappa shape index (κ2) is 5.72. The van der Waals surface area contributed by atoms with Crippen LogP contribution in [0.2, 0.25) is 0 Å². The molecule has 4 nitrogen and oxygen atoms in total. The Labute approximate surface area is 109 Å². The van der Waals surface area contributed by atoms with Crippen molar-refractivity contribution in [3.05, 3.63) is 0 Å². The zero-order valence-corrected chi connectivity index (χ0v) is 11.9. The molecule has 18 heavy (non-hydrogen) atoms. The van der Waals surface area contributed by atoms with Gasteiger partial charge in [0, 0.05) is 13.0 Å². The molecule has 1 N–H and O–H groups in total. The molecule has 0 aromatic heterocycles. The van der Waals surface area contributed by atoms with Crippen LogP contribution < -0.4 is 0 Å². The van der Waals surface area contributed by atoms with Gasteiger partial charge in [0.15, 0.2) is 0 Å². The molecule has 0 spiro atoms. The van der Waals surface area contributed by atoms with Gasteiger partial charge in [0.05, 0.1) is 0 Å². The molecule has 1 aliphatic rings. The molecule has 1 heterocycles. The summed E-state index contributed by atoms with van der Waals surface area (Å²) in [7, 11) is 0. The molecule has 1 saturated heterocycles. The average molecular weight is 255 g/mol. The number of hydrogen-bond donors (Lipinski definition) is 1. The molecule has 2 atom stereocenters. The van der Waals surface area contributed by atoms with E-state index in [1.165, 1.54) is 0 Å². The Balaban J connectivity index is 2.67. The van der Waals surface area contributed by atoms with Crippen LogP contribution in [0.4, 0.5) is 0 Å². The molecular weight excluding hydrogens is 230 g/mol. The second-order valence-corrected chi connectivity index (χ2v) is 6.41. The molecule has 0 radical (unpaired) electrons. The van der Waals surface area contributed by atoms with E-state index in [0.29, 0.717) is 19.4 Å². The predicted octanol–water partition coefficient (Wildman–Crippen LogP) is 2.52. The van der Waals surface area contributed by atoms with E-state index in [2.05, 4.69) is 27.7 Å². The highest BCUT2D eigenvalue weighted by Crippen LogP contribution is 2.29. The number of nitrogens with zero attached hydrogens (tertiary/aromatic N) is 1.